The SMILES string of the molecule is CCOCOc1ccc2cc(B(O)O)oc2c1. The predicted octanol–water partition coefficient (Wildman–Crippen LogP) is 0.485. The van der Waals surface area contributed by atoms with Gasteiger partial charge >= 0.3 is 7.12 Å². The van der Waals surface area contributed by atoms with E-state index < -0.39 is 7.12 Å². The van der Waals surface area contributed by atoms with Gasteiger partial charge < -0.3 is 23.9 Å². The van der Waals surface area contributed by atoms with Gasteiger partial charge in [0.25, 0.3) is 0 Å². The molecule has 0 saturated carbocycles. The van der Waals surface area contributed by atoms with Crippen LogP contribution >= 0.6 is 0 Å². The lowest BCUT2D eigenvalue weighted by molar-refractivity contribution is 0.0224. The standard InChI is InChI=1S/C11H13BO5/c1-2-15-7-16-9-4-3-8-5-11(12(13)14)17-10(8)6-9/h3-6,13-14H,2,7H2,1H3. The van der Waals surface area contributed by atoms with E-state index in [0.717, 1.165) is 5.39 Å². The molecule has 0 unspecified atom stereocenters. The quantitative estimate of drug-likeness (QED) is 0.449. The van der Waals surface area contributed by atoms with Gasteiger partial charge in [-0.1, -0.05) is 0 Å². The zero-order valence-electron chi connectivity index (χ0n) is 9.42. The number of rotatable bonds is 5. The molecule has 0 fully saturated rings. The van der Waals surface area contributed by atoms with Crippen LogP contribution < -0.4 is 10.4 Å². The maximum absolute atomic E-state index is 8.98. The van der Waals surface area contributed by atoms with E-state index in [1.807, 2.05) is 6.92 Å². The molecule has 90 valence electrons. The third-order valence-electron chi connectivity index (χ3n) is 2.28. The van der Waals surface area contributed by atoms with Gasteiger partial charge in [0.05, 0.1) is 0 Å². The minimum Gasteiger partial charge on any atom is -0.467 e. The highest BCUT2D eigenvalue weighted by Crippen LogP contribution is 2.20. The Morgan fingerprint density at radius 3 is 2.82 bits per heavy atom. The van der Waals surface area contributed by atoms with Crippen molar-refractivity contribution in [2.45, 2.75) is 6.92 Å². The Kier molecular flexibility index (Phi) is 3.68. The molecule has 0 amide bonds. The van der Waals surface area contributed by atoms with E-state index in [1.165, 1.54) is 0 Å². The molecule has 0 aliphatic rings. The summed E-state index contributed by atoms with van der Waals surface area (Å²) < 4.78 is 15.6. The summed E-state index contributed by atoms with van der Waals surface area (Å²) in [4.78, 5) is 0. The molecule has 5 nitrogen and oxygen atoms in total. The molecule has 1 aromatic carbocycles. The molecule has 0 aliphatic heterocycles. The third kappa shape index (κ3) is 2.79. The molecule has 0 bridgehead atoms. The fourth-order valence-electron chi connectivity index (χ4n) is 1.44. The van der Waals surface area contributed by atoms with Gasteiger partial charge in [-0.2, -0.15) is 0 Å². The van der Waals surface area contributed by atoms with Crippen molar-refractivity contribution >= 4 is 23.7 Å². The van der Waals surface area contributed by atoms with Crippen molar-refractivity contribution in [3.8, 4) is 5.75 Å². The lowest BCUT2D eigenvalue weighted by Crippen LogP contribution is -2.27. The maximum atomic E-state index is 8.98. The van der Waals surface area contributed by atoms with Gasteiger partial charge in [0, 0.05) is 18.1 Å². The van der Waals surface area contributed by atoms with Crippen LogP contribution in [0.2, 0.25) is 0 Å². The Morgan fingerprint density at radius 2 is 2.12 bits per heavy atom. The lowest BCUT2D eigenvalue weighted by Gasteiger charge is -2.04. The van der Waals surface area contributed by atoms with Crippen molar-refractivity contribution in [1.82, 2.24) is 0 Å². The molecule has 17 heavy (non-hydrogen) atoms. The number of hydrogen-bond acceptors (Lipinski definition) is 5. The zero-order chi connectivity index (χ0) is 12.3. The van der Waals surface area contributed by atoms with E-state index in [-0.39, 0.29) is 12.5 Å². The van der Waals surface area contributed by atoms with Crippen LogP contribution in [0.15, 0.2) is 28.7 Å². The van der Waals surface area contributed by atoms with E-state index in [9.17, 15) is 0 Å². The Bertz CT molecular complexity index is 494. The van der Waals surface area contributed by atoms with Crippen molar-refractivity contribution in [3.05, 3.63) is 24.3 Å². The average molecular weight is 236 g/mol. The van der Waals surface area contributed by atoms with Crippen LogP contribution in [0.25, 0.3) is 11.0 Å². The van der Waals surface area contributed by atoms with Crippen LogP contribution in [0, 0.1) is 0 Å². The van der Waals surface area contributed by atoms with Gasteiger partial charge in [-0.3, -0.25) is 0 Å². The summed E-state index contributed by atoms with van der Waals surface area (Å²) in [6, 6.07) is 6.81. The minimum atomic E-state index is -1.60. The van der Waals surface area contributed by atoms with Crippen molar-refractivity contribution < 1.29 is 23.9 Å². The maximum Gasteiger partial charge on any atom is 0.526 e. The predicted molar refractivity (Wildman–Crippen MR) is 63.2 cm³/mol. The highest BCUT2D eigenvalue weighted by atomic mass is 16.7. The first-order valence-electron chi connectivity index (χ1n) is 5.31. The largest absolute Gasteiger partial charge is 0.526 e. The van der Waals surface area contributed by atoms with Gasteiger partial charge in [-0.05, 0) is 25.1 Å². The Hall–Kier alpha value is -1.50. The van der Waals surface area contributed by atoms with E-state index in [2.05, 4.69) is 0 Å². The van der Waals surface area contributed by atoms with Crippen molar-refractivity contribution in [2.24, 2.45) is 0 Å². The topological polar surface area (TPSA) is 72.1 Å². The monoisotopic (exact) mass is 236 g/mol. The van der Waals surface area contributed by atoms with Crippen molar-refractivity contribution in [2.75, 3.05) is 13.4 Å². The van der Waals surface area contributed by atoms with Crippen LogP contribution in [-0.2, 0) is 4.74 Å². The fraction of sp³-hybridized carbons (Fsp3) is 0.273. The summed E-state index contributed by atoms with van der Waals surface area (Å²) in [5.74, 6) is 0.610. The molecule has 2 aromatic rings. The van der Waals surface area contributed by atoms with Crippen molar-refractivity contribution in [3.63, 3.8) is 0 Å². The first kappa shape index (κ1) is 12.0. The number of furan rings is 1. The summed E-state index contributed by atoms with van der Waals surface area (Å²) >= 11 is 0. The molecule has 0 radical (unpaired) electrons. The normalized spacial score (nSPS) is 10.8. The third-order valence-corrected chi connectivity index (χ3v) is 2.28. The molecule has 6 heteroatoms. The summed E-state index contributed by atoms with van der Waals surface area (Å²) in [6.07, 6.45) is 0. The second-order valence-corrected chi connectivity index (χ2v) is 3.48. The summed E-state index contributed by atoms with van der Waals surface area (Å²) in [5.41, 5.74) is 0.657. The summed E-state index contributed by atoms with van der Waals surface area (Å²) in [7, 11) is -1.60. The van der Waals surface area contributed by atoms with Crippen LogP contribution in [-0.4, -0.2) is 30.6 Å². The second-order valence-electron chi connectivity index (χ2n) is 3.48. The van der Waals surface area contributed by atoms with E-state index in [4.69, 9.17) is 23.9 Å². The first-order valence-corrected chi connectivity index (χ1v) is 5.31. The summed E-state index contributed by atoms with van der Waals surface area (Å²) in [5, 5.41) is 18.7. The first-order chi connectivity index (χ1) is 8.20. The van der Waals surface area contributed by atoms with Crippen molar-refractivity contribution in [1.29, 1.82) is 0 Å². The lowest BCUT2D eigenvalue weighted by atomic mass is 9.88. The molecule has 1 heterocycles. The number of ether oxygens (including phenoxy) is 2. The summed E-state index contributed by atoms with van der Waals surface area (Å²) in [6.45, 7) is 2.65. The number of benzene rings is 1. The molecule has 2 N–H and O–H groups in total. The number of fused-ring (bicyclic) bond motifs is 1. The fourth-order valence-corrected chi connectivity index (χ4v) is 1.44. The number of hydrogen-bond donors (Lipinski definition) is 2. The Morgan fingerprint density at radius 1 is 1.29 bits per heavy atom. The Balaban J connectivity index is 2.18. The minimum absolute atomic E-state index is 0.113. The molecule has 0 saturated heterocycles. The molecular formula is C11H13BO5. The molecule has 0 aliphatic carbocycles. The van der Waals surface area contributed by atoms with Gasteiger partial charge in [-0.25, -0.2) is 0 Å². The van der Waals surface area contributed by atoms with Gasteiger partial charge in [-0.15, -0.1) is 0 Å². The zero-order valence-corrected chi connectivity index (χ0v) is 9.42. The van der Waals surface area contributed by atoms with Gasteiger partial charge in [0.2, 0.25) is 0 Å². The Labute approximate surface area is 98.7 Å². The van der Waals surface area contributed by atoms with Crippen LogP contribution in [0.1, 0.15) is 6.92 Å². The van der Waals surface area contributed by atoms with E-state index in [0.29, 0.717) is 17.9 Å². The smallest absolute Gasteiger partial charge is 0.467 e. The van der Waals surface area contributed by atoms with Crippen LogP contribution in [0.5, 0.6) is 5.75 Å². The van der Waals surface area contributed by atoms with Gasteiger partial charge in [0.15, 0.2) is 6.79 Å². The average Bonchev–Trinajstić information content (AvgIpc) is 2.72. The van der Waals surface area contributed by atoms with Crippen LogP contribution in [0.4, 0.5) is 0 Å². The molecule has 2 rings (SSSR count). The van der Waals surface area contributed by atoms with Gasteiger partial charge in [0.1, 0.15) is 17.0 Å². The van der Waals surface area contributed by atoms with E-state index in [1.54, 1.807) is 24.3 Å². The molecular weight excluding hydrogens is 223 g/mol. The van der Waals surface area contributed by atoms with E-state index >= 15 is 0 Å². The molecule has 0 spiro atoms. The highest BCUT2D eigenvalue weighted by molar-refractivity contribution is 6.57. The van der Waals surface area contributed by atoms with Crippen LogP contribution in [0.3, 0.4) is 0 Å². The molecule has 0 atom stereocenters. The second kappa shape index (κ2) is 5.22. The highest BCUT2D eigenvalue weighted by Gasteiger charge is 2.17. The molecule has 1 aromatic heterocycles.